The van der Waals surface area contributed by atoms with Crippen molar-refractivity contribution in [2.45, 2.75) is 25.7 Å². The first-order chi connectivity index (χ1) is 9.76. The van der Waals surface area contributed by atoms with Crippen molar-refractivity contribution in [1.82, 2.24) is 4.98 Å². The minimum atomic E-state index is -0.224. The van der Waals surface area contributed by atoms with Crippen LogP contribution in [0.3, 0.4) is 0 Å². The van der Waals surface area contributed by atoms with Crippen LogP contribution in [-0.2, 0) is 17.6 Å². The van der Waals surface area contributed by atoms with Crippen molar-refractivity contribution in [2.24, 2.45) is 0 Å². The van der Waals surface area contributed by atoms with Gasteiger partial charge < -0.3 is 5.32 Å². The van der Waals surface area contributed by atoms with Crippen LogP contribution < -0.4 is 5.32 Å². The zero-order valence-corrected chi connectivity index (χ0v) is 12.6. The maximum atomic E-state index is 11.2. The number of aromatic nitrogens is 1. The van der Waals surface area contributed by atoms with E-state index < -0.39 is 0 Å². The van der Waals surface area contributed by atoms with Gasteiger partial charge in [-0.25, -0.2) is 4.98 Å². The fraction of sp³-hybridized carbons (Fsp3) is 0.333. The van der Waals surface area contributed by atoms with E-state index in [9.17, 15) is 4.79 Å². The lowest BCUT2D eigenvalue weighted by molar-refractivity contribution is -0.113. The molecule has 5 heteroatoms. The molecule has 0 aliphatic heterocycles. The third kappa shape index (κ3) is 2.86. The topological polar surface area (TPSA) is 42.0 Å². The SMILES string of the molecule is O=C(CCl)Nc1nc(-c2ccc3c(c2)CCCC3)cs1. The first-order valence-electron chi connectivity index (χ1n) is 6.70. The second-order valence-corrected chi connectivity index (χ2v) is 6.04. The first kappa shape index (κ1) is 13.6. The second kappa shape index (κ2) is 5.94. The van der Waals surface area contributed by atoms with Crippen LogP contribution in [0.2, 0.25) is 0 Å². The third-order valence-electron chi connectivity index (χ3n) is 3.52. The highest BCUT2D eigenvalue weighted by Crippen LogP contribution is 2.29. The number of aryl methyl sites for hydroxylation is 2. The van der Waals surface area contributed by atoms with Crippen molar-refractivity contribution in [3.8, 4) is 11.3 Å². The lowest BCUT2D eigenvalue weighted by Crippen LogP contribution is -2.12. The Bertz CT molecular complexity index is 639. The molecule has 0 spiro atoms. The molecular weight excluding hydrogens is 292 g/mol. The minimum absolute atomic E-state index is 0.0479. The number of hydrogen-bond acceptors (Lipinski definition) is 3. The molecule has 1 heterocycles. The molecule has 0 saturated heterocycles. The molecule has 1 amide bonds. The summed E-state index contributed by atoms with van der Waals surface area (Å²) in [6, 6.07) is 6.56. The highest BCUT2D eigenvalue weighted by atomic mass is 35.5. The van der Waals surface area contributed by atoms with Gasteiger partial charge in [0.05, 0.1) is 5.69 Å². The summed E-state index contributed by atoms with van der Waals surface area (Å²) in [5, 5.41) is 5.25. The number of rotatable bonds is 3. The van der Waals surface area contributed by atoms with Crippen LogP contribution in [0.1, 0.15) is 24.0 Å². The summed E-state index contributed by atoms with van der Waals surface area (Å²) in [5.41, 5.74) is 4.93. The fourth-order valence-corrected chi connectivity index (χ4v) is 3.31. The van der Waals surface area contributed by atoms with Crippen LogP contribution >= 0.6 is 22.9 Å². The molecule has 20 heavy (non-hydrogen) atoms. The zero-order valence-electron chi connectivity index (χ0n) is 11.0. The Morgan fingerprint density at radius 1 is 1.30 bits per heavy atom. The van der Waals surface area contributed by atoms with Gasteiger partial charge in [-0.2, -0.15) is 0 Å². The number of carbonyl (C=O) groups excluding carboxylic acids is 1. The number of anilines is 1. The highest BCUT2D eigenvalue weighted by molar-refractivity contribution is 7.14. The standard InChI is InChI=1S/C15H15ClN2OS/c16-8-14(19)18-15-17-13(9-20-15)12-6-5-10-3-1-2-4-11(10)7-12/h5-7,9H,1-4,8H2,(H,17,18,19). The molecule has 0 saturated carbocycles. The number of alkyl halides is 1. The number of nitrogens with one attached hydrogen (secondary N) is 1. The number of carbonyl (C=O) groups is 1. The summed E-state index contributed by atoms with van der Waals surface area (Å²) in [7, 11) is 0. The number of amides is 1. The van der Waals surface area contributed by atoms with Gasteiger partial charge in [-0.1, -0.05) is 12.1 Å². The Hall–Kier alpha value is -1.39. The Morgan fingerprint density at radius 2 is 2.10 bits per heavy atom. The summed E-state index contributed by atoms with van der Waals surface area (Å²) in [6.07, 6.45) is 4.90. The summed E-state index contributed by atoms with van der Waals surface area (Å²) in [4.78, 5) is 15.7. The van der Waals surface area contributed by atoms with E-state index >= 15 is 0 Å². The van der Waals surface area contributed by atoms with Gasteiger partial charge in [0.1, 0.15) is 5.88 Å². The van der Waals surface area contributed by atoms with Crippen molar-refractivity contribution in [2.75, 3.05) is 11.2 Å². The number of halogens is 1. The van der Waals surface area contributed by atoms with Crippen molar-refractivity contribution in [3.05, 3.63) is 34.7 Å². The normalized spacial score (nSPS) is 13.8. The largest absolute Gasteiger partial charge is 0.301 e. The van der Waals surface area contributed by atoms with Gasteiger partial charge in [-0.05, 0) is 42.9 Å². The number of benzene rings is 1. The van der Waals surface area contributed by atoms with Crippen LogP contribution in [0.5, 0.6) is 0 Å². The molecule has 0 radical (unpaired) electrons. The molecule has 1 aromatic carbocycles. The van der Waals surface area contributed by atoms with Crippen LogP contribution in [0.25, 0.3) is 11.3 Å². The van der Waals surface area contributed by atoms with Gasteiger partial charge in [0.2, 0.25) is 5.91 Å². The van der Waals surface area contributed by atoms with E-state index in [1.807, 2.05) is 5.38 Å². The van der Waals surface area contributed by atoms with Crippen molar-refractivity contribution >= 4 is 34.0 Å². The molecule has 0 atom stereocenters. The summed E-state index contributed by atoms with van der Waals surface area (Å²) in [5.74, 6) is -0.272. The van der Waals surface area contributed by atoms with E-state index in [4.69, 9.17) is 11.6 Å². The molecule has 1 aliphatic carbocycles. The molecule has 1 N–H and O–H groups in total. The molecule has 3 nitrogen and oxygen atoms in total. The van der Waals surface area contributed by atoms with Gasteiger partial charge in [-0.3, -0.25) is 4.79 Å². The van der Waals surface area contributed by atoms with Gasteiger partial charge in [0.15, 0.2) is 5.13 Å². The number of thiazole rings is 1. The van der Waals surface area contributed by atoms with E-state index in [-0.39, 0.29) is 11.8 Å². The molecule has 104 valence electrons. The first-order valence-corrected chi connectivity index (χ1v) is 8.11. The molecule has 1 aliphatic rings. The Morgan fingerprint density at radius 3 is 2.90 bits per heavy atom. The zero-order chi connectivity index (χ0) is 13.9. The predicted octanol–water partition coefficient (Wildman–Crippen LogP) is 3.87. The smallest absolute Gasteiger partial charge is 0.241 e. The predicted molar refractivity (Wildman–Crippen MR) is 83.5 cm³/mol. The van der Waals surface area contributed by atoms with E-state index in [1.54, 1.807) is 0 Å². The summed E-state index contributed by atoms with van der Waals surface area (Å²) >= 11 is 6.89. The van der Waals surface area contributed by atoms with Gasteiger partial charge in [-0.15, -0.1) is 22.9 Å². The van der Waals surface area contributed by atoms with Crippen LogP contribution in [-0.4, -0.2) is 16.8 Å². The van der Waals surface area contributed by atoms with Crippen molar-refractivity contribution < 1.29 is 4.79 Å². The quantitative estimate of drug-likeness (QED) is 0.875. The fourth-order valence-electron chi connectivity index (χ4n) is 2.51. The maximum Gasteiger partial charge on any atom is 0.241 e. The second-order valence-electron chi connectivity index (χ2n) is 4.91. The highest BCUT2D eigenvalue weighted by Gasteiger charge is 2.12. The summed E-state index contributed by atoms with van der Waals surface area (Å²) < 4.78 is 0. The van der Waals surface area contributed by atoms with Crippen molar-refractivity contribution in [1.29, 1.82) is 0 Å². The van der Waals surface area contributed by atoms with E-state index in [0.717, 1.165) is 17.7 Å². The Balaban J connectivity index is 1.84. The monoisotopic (exact) mass is 306 g/mol. The molecular formula is C15H15ClN2OS. The molecule has 1 aromatic heterocycles. The van der Waals surface area contributed by atoms with E-state index in [1.165, 1.54) is 41.7 Å². The Kier molecular flexibility index (Phi) is 4.03. The lowest BCUT2D eigenvalue weighted by Gasteiger charge is -2.16. The molecule has 2 aromatic rings. The minimum Gasteiger partial charge on any atom is -0.301 e. The van der Waals surface area contributed by atoms with Gasteiger partial charge >= 0.3 is 0 Å². The van der Waals surface area contributed by atoms with Crippen LogP contribution in [0, 0.1) is 0 Å². The number of hydrogen-bond donors (Lipinski definition) is 1. The van der Waals surface area contributed by atoms with E-state index in [2.05, 4.69) is 28.5 Å². The average Bonchev–Trinajstić information content (AvgIpc) is 2.95. The van der Waals surface area contributed by atoms with Crippen LogP contribution in [0.4, 0.5) is 5.13 Å². The maximum absolute atomic E-state index is 11.2. The lowest BCUT2D eigenvalue weighted by atomic mass is 9.90. The third-order valence-corrected chi connectivity index (χ3v) is 4.52. The molecule has 0 unspecified atom stereocenters. The van der Waals surface area contributed by atoms with Gasteiger partial charge in [0.25, 0.3) is 0 Å². The molecule has 0 fully saturated rings. The molecule has 3 rings (SSSR count). The van der Waals surface area contributed by atoms with Crippen LogP contribution in [0.15, 0.2) is 23.6 Å². The molecule has 0 bridgehead atoms. The number of fused-ring (bicyclic) bond motifs is 1. The number of nitrogens with zero attached hydrogens (tertiary/aromatic N) is 1. The Labute approximate surface area is 127 Å². The average molecular weight is 307 g/mol. The van der Waals surface area contributed by atoms with E-state index in [0.29, 0.717) is 5.13 Å². The summed E-state index contributed by atoms with van der Waals surface area (Å²) in [6.45, 7) is 0. The van der Waals surface area contributed by atoms with Crippen molar-refractivity contribution in [3.63, 3.8) is 0 Å². The van der Waals surface area contributed by atoms with Gasteiger partial charge in [0, 0.05) is 10.9 Å².